The molecule has 0 radical (unpaired) electrons. The van der Waals surface area contributed by atoms with Gasteiger partial charge in [0.15, 0.2) is 6.29 Å². The Hall–Kier alpha value is -1.14. The van der Waals surface area contributed by atoms with Crippen molar-refractivity contribution in [2.75, 3.05) is 13.2 Å². The lowest BCUT2D eigenvalue weighted by atomic mass is 9.87. The van der Waals surface area contributed by atoms with E-state index in [0.29, 0.717) is 13.0 Å². The van der Waals surface area contributed by atoms with Gasteiger partial charge >= 0.3 is 0 Å². The summed E-state index contributed by atoms with van der Waals surface area (Å²) in [6.45, 7) is 2.70. The molecule has 1 atom stereocenters. The number of amides is 2. The molecular formula is C11H18N2O4. The average Bonchev–Trinajstić information content (AvgIpc) is 2.59. The van der Waals surface area contributed by atoms with Crippen molar-refractivity contribution < 1.29 is 19.1 Å². The molecule has 0 spiro atoms. The van der Waals surface area contributed by atoms with Gasteiger partial charge in [0, 0.05) is 6.61 Å². The zero-order valence-corrected chi connectivity index (χ0v) is 9.95. The maximum Gasteiger partial charge on any atom is 0.253 e. The Morgan fingerprint density at radius 3 is 2.65 bits per heavy atom. The van der Waals surface area contributed by atoms with Gasteiger partial charge in [-0.15, -0.1) is 0 Å². The second kappa shape index (κ2) is 5.01. The number of hydrazine groups is 1. The minimum Gasteiger partial charge on any atom is -0.353 e. The molecule has 2 aliphatic rings. The molecule has 6 heteroatoms. The number of hydrogen-bond donors (Lipinski definition) is 2. The molecule has 2 heterocycles. The van der Waals surface area contributed by atoms with Crippen molar-refractivity contribution >= 4 is 11.8 Å². The van der Waals surface area contributed by atoms with Gasteiger partial charge < -0.3 is 9.47 Å². The molecule has 2 rings (SSSR count). The molecule has 96 valence electrons. The van der Waals surface area contributed by atoms with Crippen molar-refractivity contribution in [2.24, 2.45) is 5.41 Å². The van der Waals surface area contributed by atoms with Gasteiger partial charge in [0.05, 0.1) is 6.61 Å². The van der Waals surface area contributed by atoms with E-state index in [2.05, 4.69) is 10.9 Å². The summed E-state index contributed by atoms with van der Waals surface area (Å²) in [4.78, 5) is 23.0. The van der Waals surface area contributed by atoms with Crippen molar-refractivity contribution in [1.82, 2.24) is 10.9 Å². The third-order valence-corrected chi connectivity index (χ3v) is 3.34. The minimum absolute atomic E-state index is 0.181. The number of carbonyl (C=O) groups is 2. The highest BCUT2D eigenvalue weighted by Gasteiger charge is 2.46. The van der Waals surface area contributed by atoms with E-state index in [1.807, 2.05) is 0 Å². The van der Waals surface area contributed by atoms with Crippen LogP contribution >= 0.6 is 0 Å². The molecule has 0 aromatic heterocycles. The van der Waals surface area contributed by atoms with Gasteiger partial charge in [-0.1, -0.05) is 0 Å². The third-order valence-electron chi connectivity index (χ3n) is 3.34. The van der Waals surface area contributed by atoms with Crippen LogP contribution in [0.25, 0.3) is 0 Å². The molecule has 2 fully saturated rings. The maximum absolute atomic E-state index is 11.5. The average molecular weight is 242 g/mol. The molecule has 0 saturated carbocycles. The number of rotatable bonds is 4. The molecule has 0 aromatic carbocycles. The van der Waals surface area contributed by atoms with E-state index in [9.17, 15) is 9.59 Å². The van der Waals surface area contributed by atoms with Crippen LogP contribution in [0.1, 0.15) is 32.6 Å². The fourth-order valence-electron chi connectivity index (χ4n) is 1.96. The van der Waals surface area contributed by atoms with Crippen LogP contribution in [0.2, 0.25) is 0 Å². The molecule has 1 unspecified atom stereocenters. The minimum atomic E-state index is -1.02. The lowest BCUT2D eigenvalue weighted by Gasteiger charge is -2.24. The zero-order valence-electron chi connectivity index (χ0n) is 9.95. The Kier molecular flexibility index (Phi) is 3.63. The molecular weight excluding hydrogens is 224 g/mol. The van der Waals surface area contributed by atoms with E-state index >= 15 is 0 Å². The molecule has 2 N–H and O–H groups in total. The third kappa shape index (κ3) is 2.58. The molecule has 0 bridgehead atoms. The van der Waals surface area contributed by atoms with E-state index in [-0.39, 0.29) is 18.1 Å². The van der Waals surface area contributed by atoms with Crippen LogP contribution in [0, 0.1) is 5.41 Å². The van der Waals surface area contributed by atoms with Crippen LogP contribution in [-0.2, 0) is 19.1 Å². The SMILES string of the molecule is CC1(CCOC2CCCCO2)C(=O)NNC1=O. The normalized spacial score (nSPS) is 27.7. The molecule has 2 saturated heterocycles. The highest BCUT2D eigenvalue weighted by Crippen LogP contribution is 2.25. The van der Waals surface area contributed by atoms with Gasteiger partial charge in [0.2, 0.25) is 0 Å². The van der Waals surface area contributed by atoms with Crippen LogP contribution in [0.15, 0.2) is 0 Å². The molecule has 2 amide bonds. The quantitative estimate of drug-likeness (QED) is 0.685. The van der Waals surface area contributed by atoms with Crippen LogP contribution in [0.3, 0.4) is 0 Å². The Bertz CT molecular complexity index is 297. The standard InChI is InChI=1S/C11H18N2O4/c1-11(9(14)12-13-10(11)15)5-7-17-8-4-2-3-6-16-8/h8H,2-7H2,1H3,(H,12,14)(H,13,15). The van der Waals surface area contributed by atoms with Crippen molar-refractivity contribution in [3.8, 4) is 0 Å². The van der Waals surface area contributed by atoms with Gasteiger partial charge in [-0.3, -0.25) is 20.4 Å². The Morgan fingerprint density at radius 1 is 1.35 bits per heavy atom. The predicted molar refractivity (Wildman–Crippen MR) is 58.6 cm³/mol. The van der Waals surface area contributed by atoms with Gasteiger partial charge in [0.25, 0.3) is 11.8 Å². The van der Waals surface area contributed by atoms with Crippen molar-refractivity contribution in [3.63, 3.8) is 0 Å². The second-order valence-electron chi connectivity index (χ2n) is 4.66. The first-order valence-corrected chi connectivity index (χ1v) is 5.97. The smallest absolute Gasteiger partial charge is 0.253 e. The fourth-order valence-corrected chi connectivity index (χ4v) is 1.96. The highest BCUT2D eigenvalue weighted by molar-refractivity contribution is 6.09. The number of nitrogens with one attached hydrogen (secondary N) is 2. The van der Waals surface area contributed by atoms with Gasteiger partial charge in [-0.05, 0) is 32.6 Å². The summed E-state index contributed by atoms with van der Waals surface area (Å²) < 4.78 is 10.9. The van der Waals surface area contributed by atoms with Crippen molar-refractivity contribution in [2.45, 2.75) is 38.9 Å². The summed E-state index contributed by atoms with van der Waals surface area (Å²) in [6.07, 6.45) is 3.24. The Balaban J connectivity index is 1.77. The van der Waals surface area contributed by atoms with E-state index in [1.165, 1.54) is 0 Å². The molecule has 17 heavy (non-hydrogen) atoms. The van der Waals surface area contributed by atoms with E-state index < -0.39 is 5.41 Å². The molecule has 0 aromatic rings. The van der Waals surface area contributed by atoms with Crippen LogP contribution in [0.4, 0.5) is 0 Å². The number of hydrogen-bond acceptors (Lipinski definition) is 4. The maximum atomic E-state index is 11.5. The number of carbonyl (C=O) groups excluding carboxylic acids is 2. The number of ether oxygens (including phenoxy) is 2. The topological polar surface area (TPSA) is 76.7 Å². The van der Waals surface area contributed by atoms with Gasteiger partial charge in [0.1, 0.15) is 5.41 Å². The lowest BCUT2D eigenvalue weighted by Crippen LogP contribution is -2.34. The summed E-state index contributed by atoms with van der Waals surface area (Å²) in [6, 6.07) is 0. The Labute approximate surface area is 100.0 Å². The van der Waals surface area contributed by atoms with Crippen LogP contribution in [0.5, 0.6) is 0 Å². The zero-order chi connectivity index (χ0) is 12.3. The summed E-state index contributed by atoms with van der Waals surface area (Å²) in [5.74, 6) is -0.591. The van der Waals surface area contributed by atoms with Gasteiger partial charge in [-0.2, -0.15) is 0 Å². The Morgan fingerprint density at radius 2 is 2.06 bits per heavy atom. The lowest BCUT2D eigenvalue weighted by molar-refractivity contribution is -0.168. The first-order valence-electron chi connectivity index (χ1n) is 5.97. The second-order valence-corrected chi connectivity index (χ2v) is 4.66. The fraction of sp³-hybridized carbons (Fsp3) is 0.818. The molecule has 0 aliphatic carbocycles. The van der Waals surface area contributed by atoms with Crippen LogP contribution in [-0.4, -0.2) is 31.3 Å². The first kappa shape index (κ1) is 12.3. The summed E-state index contributed by atoms with van der Waals surface area (Å²) in [7, 11) is 0. The largest absolute Gasteiger partial charge is 0.353 e. The first-order chi connectivity index (χ1) is 8.13. The summed E-state index contributed by atoms with van der Waals surface area (Å²) in [5, 5.41) is 0. The highest BCUT2D eigenvalue weighted by atomic mass is 16.7. The van der Waals surface area contributed by atoms with Crippen LogP contribution < -0.4 is 10.9 Å². The predicted octanol–water partition coefficient (Wildman–Crippen LogP) is 0.0870. The van der Waals surface area contributed by atoms with Gasteiger partial charge in [-0.25, -0.2) is 0 Å². The van der Waals surface area contributed by atoms with E-state index in [1.54, 1.807) is 6.92 Å². The summed E-state index contributed by atoms with van der Waals surface area (Å²) >= 11 is 0. The monoisotopic (exact) mass is 242 g/mol. The van der Waals surface area contributed by atoms with Crippen molar-refractivity contribution in [3.05, 3.63) is 0 Å². The summed E-state index contributed by atoms with van der Waals surface area (Å²) in [5.41, 5.74) is 3.63. The van der Waals surface area contributed by atoms with E-state index in [4.69, 9.17) is 9.47 Å². The molecule has 6 nitrogen and oxygen atoms in total. The van der Waals surface area contributed by atoms with Crippen molar-refractivity contribution in [1.29, 1.82) is 0 Å². The molecule has 2 aliphatic heterocycles. The van der Waals surface area contributed by atoms with E-state index in [0.717, 1.165) is 25.9 Å².